The summed E-state index contributed by atoms with van der Waals surface area (Å²) in [6.07, 6.45) is 6.08. The Labute approximate surface area is 101 Å². The Hall–Kier alpha value is -1.52. The molecule has 0 amide bonds. The van der Waals surface area contributed by atoms with E-state index in [2.05, 4.69) is 5.32 Å². The third kappa shape index (κ3) is 4.46. The molecule has 0 aliphatic rings. The molecule has 0 aliphatic heterocycles. The lowest BCUT2D eigenvalue weighted by Crippen LogP contribution is -2.15. The quantitative estimate of drug-likeness (QED) is 0.714. The Morgan fingerprint density at radius 1 is 1.24 bits per heavy atom. The summed E-state index contributed by atoms with van der Waals surface area (Å²) >= 11 is 0. The molecule has 2 rings (SSSR count). The number of hydrogen-bond donors (Lipinski definition) is 1. The van der Waals surface area contributed by atoms with Gasteiger partial charge in [0.1, 0.15) is 12.4 Å². The van der Waals surface area contributed by atoms with Crippen molar-refractivity contribution in [2.24, 2.45) is 0 Å². The molecule has 2 aromatic heterocycles. The Morgan fingerprint density at radius 3 is 3.00 bits per heavy atom. The van der Waals surface area contributed by atoms with Crippen molar-refractivity contribution in [3.63, 3.8) is 0 Å². The number of rotatable bonds is 8. The first kappa shape index (κ1) is 12.0. The first-order valence-corrected chi connectivity index (χ1v) is 5.77. The summed E-state index contributed by atoms with van der Waals surface area (Å²) in [5, 5.41) is 3.32. The van der Waals surface area contributed by atoms with E-state index in [0.717, 1.165) is 31.9 Å². The zero-order valence-electron chi connectivity index (χ0n) is 9.72. The molecule has 0 spiro atoms. The van der Waals surface area contributed by atoms with Crippen molar-refractivity contribution < 1.29 is 13.6 Å². The summed E-state index contributed by atoms with van der Waals surface area (Å²) in [7, 11) is 0. The van der Waals surface area contributed by atoms with E-state index in [-0.39, 0.29) is 0 Å². The highest BCUT2D eigenvalue weighted by atomic mass is 16.5. The molecule has 0 bridgehead atoms. The molecule has 0 fully saturated rings. The van der Waals surface area contributed by atoms with Crippen LogP contribution in [0.1, 0.15) is 17.7 Å². The van der Waals surface area contributed by atoms with E-state index in [1.807, 2.05) is 18.2 Å². The van der Waals surface area contributed by atoms with Gasteiger partial charge in [-0.25, -0.2) is 0 Å². The van der Waals surface area contributed by atoms with Crippen LogP contribution in [0.4, 0.5) is 0 Å². The molecule has 2 aromatic rings. The van der Waals surface area contributed by atoms with E-state index in [9.17, 15) is 0 Å². The van der Waals surface area contributed by atoms with Crippen LogP contribution in [0.5, 0.6) is 0 Å². The summed E-state index contributed by atoms with van der Waals surface area (Å²) < 4.78 is 15.6. The molecule has 4 heteroatoms. The van der Waals surface area contributed by atoms with Crippen LogP contribution in [0.15, 0.2) is 45.8 Å². The van der Waals surface area contributed by atoms with Gasteiger partial charge in [-0.3, -0.25) is 0 Å². The second-order valence-corrected chi connectivity index (χ2v) is 3.79. The lowest BCUT2D eigenvalue weighted by molar-refractivity contribution is 0.104. The van der Waals surface area contributed by atoms with Crippen molar-refractivity contribution in [2.45, 2.75) is 19.6 Å². The first-order chi connectivity index (χ1) is 8.45. The molecular weight excluding hydrogens is 218 g/mol. The van der Waals surface area contributed by atoms with Crippen molar-refractivity contribution >= 4 is 0 Å². The largest absolute Gasteiger partial charge is 0.472 e. The number of ether oxygens (including phenoxy) is 1. The third-order valence-corrected chi connectivity index (χ3v) is 2.38. The highest BCUT2D eigenvalue weighted by molar-refractivity contribution is 5.04. The average Bonchev–Trinajstić information content (AvgIpc) is 3.00. The molecule has 92 valence electrons. The van der Waals surface area contributed by atoms with Crippen molar-refractivity contribution in [2.75, 3.05) is 13.2 Å². The highest BCUT2D eigenvalue weighted by Gasteiger charge is 1.96. The number of hydrogen-bond acceptors (Lipinski definition) is 4. The van der Waals surface area contributed by atoms with Gasteiger partial charge in [-0.05, 0) is 31.2 Å². The minimum atomic E-state index is 0.550. The number of nitrogens with one attached hydrogen (secondary N) is 1. The van der Waals surface area contributed by atoms with Crippen LogP contribution in [0.25, 0.3) is 0 Å². The molecule has 0 aliphatic carbocycles. The monoisotopic (exact) mass is 235 g/mol. The molecule has 0 atom stereocenters. The average molecular weight is 235 g/mol. The normalized spacial score (nSPS) is 10.8. The molecule has 0 radical (unpaired) electrons. The van der Waals surface area contributed by atoms with Gasteiger partial charge in [0.2, 0.25) is 0 Å². The maximum Gasteiger partial charge on any atom is 0.129 e. The Balaban J connectivity index is 1.44. The summed E-state index contributed by atoms with van der Waals surface area (Å²) in [6, 6.07) is 5.74. The van der Waals surface area contributed by atoms with Crippen molar-refractivity contribution in [3.8, 4) is 0 Å². The van der Waals surface area contributed by atoms with Crippen LogP contribution in [0.3, 0.4) is 0 Å². The molecule has 2 heterocycles. The van der Waals surface area contributed by atoms with Gasteiger partial charge in [0.15, 0.2) is 0 Å². The predicted molar refractivity (Wildman–Crippen MR) is 63.4 cm³/mol. The molecule has 0 saturated carbocycles. The van der Waals surface area contributed by atoms with E-state index < -0.39 is 0 Å². The van der Waals surface area contributed by atoms with Crippen molar-refractivity contribution in [1.29, 1.82) is 0 Å². The molecular formula is C13H17NO3. The van der Waals surface area contributed by atoms with Crippen LogP contribution in [-0.2, 0) is 17.9 Å². The van der Waals surface area contributed by atoms with Gasteiger partial charge in [0, 0.05) is 18.7 Å². The minimum Gasteiger partial charge on any atom is -0.472 e. The Bertz CT molecular complexity index is 342. The zero-order chi connectivity index (χ0) is 11.8. The lowest BCUT2D eigenvalue weighted by atomic mass is 10.3. The third-order valence-electron chi connectivity index (χ3n) is 2.38. The second kappa shape index (κ2) is 6.93. The van der Waals surface area contributed by atoms with Crippen molar-refractivity contribution in [3.05, 3.63) is 48.3 Å². The van der Waals surface area contributed by atoms with Gasteiger partial charge in [-0.2, -0.15) is 0 Å². The summed E-state index contributed by atoms with van der Waals surface area (Å²) in [5.74, 6) is 0.872. The van der Waals surface area contributed by atoms with Gasteiger partial charge in [0.25, 0.3) is 0 Å². The van der Waals surface area contributed by atoms with Crippen LogP contribution in [-0.4, -0.2) is 13.2 Å². The van der Waals surface area contributed by atoms with E-state index in [0.29, 0.717) is 6.61 Å². The number of furan rings is 2. The lowest BCUT2D eigenvalue weighted by Gasteiger charge is -2.03. The topological polar surface area (TPSA) is 47.5 Å². The van der Waals surface area contributed by atoms with Gasteiger partial charge in [0.05, 0.1) is 18.8 Å². The Kier molecular flexibility index (Phi) is 4.87. The second-order valence-electron chi connectivity index (χ2n) is 3.79. The minimum absolute atomic E-state index is 0.550. The fourth-order valence-electron chi connectivity index (χ4n) is 1.49. The standard InChI is InChI=1S/C13H17NO3/c1-3-13(17-7-1)11-15-6-2-5-14-9-12-4-8-16-10-12/h1,3-4,7-8,10,14H,2,5-6,9,11H2. The van der Waals surface area contributed by atoms with Crippen LogP contribution in [0.2, 0.25) is 0 Å². The molecule has 4 nitrogen and oxygen atoms in total. The van der Waals surface area contributed by atoms with Gasteiger partial charge < -0.3 is 18.9 Å². The summed E-state index contributed by atoms with van der Waals surface area (Å²) in [4.78, 5) is 0. The highest BCUT2D eigenvalue weighted by Crippen LogP contribution is 2.02. The molecule has 1 N–H and O–H groups in total. The van der Waals surface area contributed by atoms with E-state index in [1.54, 1.807) is 18.8 Å². The van der Waals surface area contributed by atoms with Crippen LogP contribution in [0, 0.1) is 0 Å². The Morgan fingerprint density at radius 2 is 2.24 bits per heavy atom. The van der Waals surface area contributed by atoms with Gasteiger partial charge >= 0.3 is 0 Å². The van der Waals surface area contributed by atoms with Crippen LogP contribution < -0.4 is 5.32 Å². The van der Waals surface area contributed by atoms with Gasteiger partial charge in [-0.15, -0.1) is 0 Å². The summed E-state index contributed by atoms with van der Waals surface area (Å²) in [5.41, 5.74) is 1.17. The maximum absolute atomic E-state index is 5.46. The fraction of sp³-hybridized carbons (Fsp3) is 0.385. The molecule has 17 heavy (non-hydrogen) atoms. The van der Waals surface area contributed by atoms with E-state index in [4.69, 9.17) is 13.6 Å². The van der Waals surface area contributed by atoms with Gasteiger partial charge in [-0.1, -0.05) is 0 Å². The van der Waals surface area contributed by atoms with E-state index >= 15 is 0 Å². The smallest absolute Gasteiger partial charge is 0.129 e. The zero-order valence-corrected chi connectivity index (χ0v) is 9.72. The molecule has 0 saturated heterocycles. The molecule has 0 unspecified atom stereocenters. The fourth-order valence-corrected chi connectivity index (χ4v) is 1.49. The maximum atomic E-state index is 5.46. The summed E-state index contributed by atoms with van der Waals surface area (Å²) in [6.45, 7) is 3.06. The van der Waals surface area contributed by atoms with Crippen LogP contribution >= 0.6 is 0 Å². The molecule has 0 aromatic carbocycles. The van der Waals surface area contributed by atoms with Crippen molar-refractivity contribution in [1.82, 2.24) is 5.32 Å². The first-order valence-electron chi connectivity index (χ1n) is 5.77. The SMILES string of the molecule is c1coc(COCCCNCc2ccoc2)c1. The predicted octanol–water partition coefficient (Wildman–Crippen LogP) is 2.57. The van der Waals surface area contributed by atoms with E-state index in [1.165, 1.54) is 5.56 Å².